The van der Waals surface area contributed by atoms with Crippen molar-refractivity contribution in [3.8, 4) is 0 Å². The third kappa shape index (κ3) is 5.66. The van der Waals surface area contributed by atoms with Gasteiger partial charge in [0.05, 0.1) is 0 Å². The van der Waals surface area contributed by atoms with Gasteiger partial charge in [-0.1, -0.05) is 56.5 Å². The molecule has 24 heavy (non-hydrogen) atoms. The predicted molar refractivity (Wildman–Crippen MR) is 96.4 cm³/mol. The largest absolute Gasteiger partial charge is 0.354 e. The molecular formula is C20H30N2O2. The lowest BCUT2D eigenvalue weighted by Crippen LogP contribution is -2.48. The van der Waals surface area contributed by atoms with Crippen LogP contribution in [0, 0.1) is 0 Å². The second-order valence-electron chi connectivity index (χ2n) is 6.62. The molecule has 1 heterocycles. The smallest absolute Gasteiger partial charge is 0.242 e. The first kappa shape index (κ1) is 18.5. The molecule has 0 spiro atoms. The summed E-state index contributed by atoms with van der Waals surface area (Å²) in [4.78, 5) is 27.0. The van der Waals surface area contributed by atoms with Crippen LogP contribution in [0.4, 0.5) is 0 Å². The van der Waals surface area contributed by atoms with Crippen LogP contribution in [0.25, 0.3) is 0 Å². The lowest BCUT2D eigenvalue weighted by Gasteiger charge is -2.30. The number of nitrogens with zero attached hydrogens (tertiary/aromatic N) is 1. The van der Waals surface area contributed by atoms with Crippen LogP contribution in [0.3, 0.4) is 0 Å². The highest BCUT2D eigenvalue weighted by Crippen LogP contribution is 2.18. The zero-order chi connectivity index (χ0) is 17.2. The maximum absolute atomic E-state index is 12.8. The van der Waals surface area contributed by atoms with Gasteiger partial charge in [-0.15, -0.1) is 0 Å². The Balaban J connectivity index is 2.07. The van der Waals surface area contributed by atoms with Crippen LogP contribution in [0.5, 0.6) is 0 Å². The topological polar surface area (TPSA) is 49.4 Å². The summed E-state index contributed by atoms with van der Waals surface area (Å²) in [6.45, 7) is 3.41. The molecule has 1 saturated heterocycles. The van der Waals surface area contributed by atoms with Gasteiger partial charge in [-0.05, 0) is 31.2 Å². The summed E-state index contributed by atoms with van der Waals surface area (Å²) in [6, 6.07) is 9.64. The highest BCUT2D eigenvalue weighted by molar-refractivity contribution is 5.87. The van der Waals surface area contributed by atoms with Crippen LogP contribution >= 0.6 is 0 Å². The number of nitrogens with one attached hydrogen (secondary N) is 1. The number of benzene rings is 1. The Kier molecular flexibility index (Phi) is 7.80. The van der Waals surface area contributed by atoms with Crippen LogP contribution in [0.1, 0.15) is 63.9 Å². The Labute approximate surface area is 145 Å². The lowest BCUT2D eigenvalue weighted by molar-refractivity contribution is -0.141. The van der Waals surface area contributed by atoms with E-state index in [1.807, 2.05) is 35.2 Å². The van der Waals surface area contributed by atoms with Gasteiger partial charge in [0.1, 0.15) is 6.04 Å². The summed E-state index contributed by atoms with van der Waals surface area (Å²) in [5, 5.41) is 2.96. The summed E-state index contributed by atoms with van der Waals surface area (Å²) in [5.41, 5.74) is 1.08. The molecule has 0 aromatic heterocycles. The molecule has 4 heteroatoms. The van der Waals surface area contributed by atoms with Crippen LogP contribution in [-0.2, 0) is 16.1 Å². The quantitative estimate of drug-likeness (QED) is 0.740. The molecule has 1 aromatic carbocycles. The monoisotopic (exact) mass is 330 g/mol. The molecule has 2 rings (SSSR count). The SMILES string of the molecule is CCCCCCC(=O)N(Cc1ccccc1)C1CCCCNC1=O. The van der Waals surface area contributed by atoms with Gasteiger partial charge in [0.15, 0.2) is 0 Å². The summed E-state index contributed by atoms with van der Waals surface area (Å²) < 4.78 is 0. The zero-order valence-electron chi connectivity index (χ0n) is 14.8. The zero-order valence-corrected chi connectivity index (χ0v) is 14.8. The molecule has 0 saturated carbocycles. The molecule has 0 aliphatic carbocycles. The second kappa shape index (κ2) is 10.1. The number of hydrogen-bond donors (Lipinski definition) is 1. The fourth-order valence-electron chi connectivity index (χ4n) is 3.22. The van der Waals surface area contributed by atoms with Crippen molar-refractivity contribution < 1.29 is 9.59 Å². The number of rotatable bonds is 8. The van der Waals surface area contributed by atoms with Gasteiger partial charge >= 0.3 is 0 Å². The normalized spacial score (nSPS) is 17.9. The second-order valence-corrected chi connectivity index (χ2v) is 6.62. The molecule has 1 aliphatic rings. The number of amides is 2. The van der Waals surface area contributed by atoms with Gasteiger partial charge in [0, 0.05) is 19.5 Å². The van der Waals surface area contributed by atoms with Crippen molar-refractivity contribution in [2.45, 2.75) is 70.9 Å². The van der Waals surface area contributed by atoms with E-state index < -0.39 is 0 Å². The lowest BCUT2D eigenvalue weighted by atomic mass is 10.1. The predicted octanol–water partition coefficient (Wildman–Crippen LogP) is 3.65. The Morgan fingerprint density at radius 2 is 1.96 bits per heavy atom. The van der Waals surface area contributed by atoms with Crippen LogP contribution in [0.15, 0.2) is 30.3 Å². The first-order chi connectivity index (χ1) is 11.7. The van der Waals surface area contributed by atoms with Crippen LogP contribution in [-0.4, -0.2) is 29.3 Å². The first-order valence-corrected chi connectivity index (χ1v) is 9.33. The molecule has 1 fully saturated rings. The standard InChI is InChI=1S/C20H30N2O2/c1-2-3-4-8-14-19(23)22(16-17-11-6-5-7-12-17)18-13-9-10-15-21-20(18)24/h5-7,11-12,18H,2-4,8-10,13-16H2,1H3,(H,21,24). The van der Waals surface area contributed by atoms with Gasteiger partial charge in [-0.25, -0.2) is 0 Å². The van der Waals surface area contributed by atoms with Crippen molar-refractivity contribution in [1.29, 1.82) is 0 Å². The molecule has 0 bridgehead atoms. The molecule has 132 valence electrons. The highest BCUT2D eigenvalue weighted by atomic mass is 16.2. The molecule has 1 atom stereocenters. The van der Waals surface area contributed by atoms with Gasteiger partial charge in [-0.3, -0.25) is 9.59 Å². The van der Waals surface area contributed by atoms with Gasteiger partial charge < -0.3 is 10.2 Å². The third-order valence-electron chi connectivity index (χ3n) is 4.64. The van der Waals surface area contributed by atoms with Crippen LogP contribution < -0.4 is 5.32 Å². The van der Waals surface area contributed by atoms with Crippen molar-refractivity contribution in [3.63, 3.8) is 0 Å². The molecule has 4 nitrogen and oxygen atoms in total. The number of unbranched alkanes of at least 4 members (excludes halogenated alkanes) is 3. The van der Waals surface area contributed by atoms with Crippen molar-refractivity contribution in [2.24, 2.45) is 0 Å². The average Bonchev–Trinajstić information content (AvgIpc) is 2.82. The molecule has 1 unspecified atom stereocenters. The highest BCUT2D eigenvalue weighted by Gasteiger charge is 2.30. The molecule has 1 aromatic rings. The van der Waals surface area contributed by atoms with Crippen molar-refractivity contribution in [2.75, 3.05) is 6.54 Å². The summed E-state index contributed by atoms with van der Waals surface area (Å²) >= 11 is 0. The van der Waals surface area contributed by atoms with E-state index >= 15 is 0 Å². The first-order valence-electron chi connectivity index (χ1n) is 9.33. The number of carbonyl (C=O) groups excluding carboxylic acids is 2. The summed E-state index contributed by atoms with van der Waals surface area (Å²) in [6.07, 6.45) is 7.59. The van der Waals surface area contributed by atoms with E-state index in [4.69, 9.17) is 0 Å². The summed E-state index contributed by atoms with van der Waals surface area (Å²) in [7, 11) is 0. The van der Waals surface area contributed by atoms with Crippen LogP contribution in [0.2, 0.25) is 0 Å². The van der Waals surface area contributed by atoms with E-state index in [0.29, 0.717) is 13.0 Å². The maximum atomic E-state index is 12.8. The van der Waals surface area contributed by atoms with Gasteiger partial charge in [-0.2, -0.15) is 0 Å². The Hall–Kier alpha value is -1.84. The molecule has 0 radical (unpaired) electrons. The van der Waals surface area contributed by atoms with Crippen molar-refractivity contribution in [3.05, 3.63) is 35.9 Å². The van der Waals surface area contributed by atoms with E-state index in [1.54, 1.807) is 0 Å². The Bertz CT molecular complexity index is 516. The third-order valence-corrected chi connectivity index (χ3v) is 4.64. The molecular weight excluding hydrogens is 300 g/mol. The Morgan fingerprint density at radius 1 is 1.17 bits per heavy atom. The molecule has 1 aliphatic heterocycles. The minimum Gasteiger partial charge on any atom is -0.354 e. The fourth-order valence-corrected chi connectivity index (χ4v) is 3.22. The average molecular weight is 330 g/mol. The summed E-state index contributed by atoms with van der Waals surface area (Å²) in [5.74, 6) is 0.113. The van der Waals surface area contributed by atoms with E-state index in [-0.39, 0.29) is 17.9 Å². The van der Waals surface area contributed by atoms with E-state index in [0.717, 1.165) is 57.1 Å². The van der Waals surface area contributed by atoms with Crippen molar-refractivity contribution >= 4 is 11.8 Å². The maximum Gasteiger partial charge on any atom is 0.242 e. The van der Waals surface area contributed by atoms with E-state index in [1.165, 1.54) is 0 Å². The van der Waals surface area contributed by atoms with E-state index in [2.05, 4.69) is 12.2 Å². The van der Waals surface area contributed by atoms with Gasteiger partial charge in [0.2, 0.25) is 11.8 Å². The minimum absolute atomic E-state index is 0.00494. The number of hydrogen-bond acceptors (Lipinski definition) is 2. The minimum atomic E-state index is -0.327. The van der Waals surface area contributed by atoms with Crippen molar-refractivity contribution in [1.82, 2.24) is 10.2 Å². The molecule has 2 amide bonds. The van der Waals surface area contributed by atoms with E-state index in [9.17, 15) is 9.59 Å². The Morgan fingerprint density at radius 3 is 2.71 bits per heavy atom. The number of carbonyl (C=O) groups is 2. The fraction of sp³-hybridized carbons (Fsp3) is 0.600. The molecule has 1 N–H and O–H groups in total. The van der Waals surface area contributed by atoms with Gasteiger partial charge in [0.25, 0.3) is 0 Å².